The summed E-state index contributed by atoms with van der Waals surface area (Å²) in [6.45, 7) is 2.29. The number of thioether (sulfide) groups is 1. The summed E-state index contributed by atoms with van der Waals surface area (Å²) in [5, 5.41) is 5.64. The van der Waals surface area contributed by atoms with Crippen LogP contribution >= 0.6 is 35.0 Å². The molecule has 0 aliphatic carbocycles. The summed E-state index contributed by atoms with van der Waals surface area (Å²) in [4.78, 5) is 0. The van der Waals surface area contributed by atoms with Gasteiger partial charge in [0.2, 0.25) is 0 Å². The Kier molecular flexibility index (Phi) is 4.83. The molecule has 4 heteroatoms. The van der Waals surface area contributed by atoms with Gasteiger partial charge < -0.3 is 5.32 Å². The first kappa shape index (κ1) is 12.6. The zero-order valence-electron chi connectivity index (χ0n) is 9.01. The van der Waals surface area contributed by atoms with Gasteiger partial charge in [0, 0.05) is 21.0 Å². The normalized spacial score (nSPS) is 17.6. The van der Waals surface area contributed by atoms with E-state index >= 15 is 0 Å². The number of piperidine rings is 1. The van der Waals surface area contributed by atoms with Crippen LogP contribution in [0.2, 0.25) is 10.0 Å². The third-order valence-corrected chi connectivity index (χ3v) is 4.78. The lowest BCUT2D eigenvalue weighted by Gasteiger charge is -2.22. The van der Waals surface area contributed by atoms with Crippen molar-refractivity contribution >= 4 is 35.0 Å². The van der Waals surface area contributed by atoms with Crippen molar-refractivity contribution < 1.29 is 0 Å². The zero-order valence-corrected chi connectivity index (χ0v) is 11.3. The summed E-state index contributed by atoms with van der Waals surface area (Å²) >= 11 is 14.0. The Morgan fingerprint density at radius 1 is 1.25 bits per heavy atom. The van der Waals surface area contributed by atoms with Gasteiger partial charge in [0.1, 0.15) is 0 Å². The summed E-state index contributed by atoms with van der Waals surface area (Å²) < 4.78 is 0. The molecule has 0 atom stereocenters. The highest BCUT2D eigenvalue weighted by molar-refractivity contribution is 7.99. The summed E-state index contributed by atoms with van der Waals surface area (Å²) in [6.07, 6.45) is 2.52. The van der Waals surface area contributed by atoms with Crippen LogP contribution in [-0.4, -0.2) is 18.3 Å². The Bertz CT molecular complexity index is 351. The molecule has 1 fully saturated rings. The highest BCUT2D eigenvalue weighted by Gasteiger charge is 2.13. The summed E-state index contributed by atoms with van der Waals surface area (Å²) in [5.74, 6) is 0.987. The summed E-state index contributed by atoms with van der Waals surface area (Å²) in [5.41, 5.74) is 1.19. The van der Waals surface area contributed by atoms with E-state index in [0.29, 0.717) is 5.02 Å². The molecule has 1 heterocycles. The molecule has 1 aromatic carbocycles. The second kappa shape index (κ2) is 6.15. The summed E-state index contributed by atoms with van der Waals surface area (Å²) in [7, 11) is 0. The molecule has 0 unspecified atom stereocenters. The van der Waals surface area contributed by atoms with Crippen LogP contribution in [-0.2, 0) is 5.75 Å². The molecule has 0 saturated carbocycles. The molecular weight excluding hydrogens is 261 g/mol. The van der Waals surface area contributed by atoms with E-state index in [1.54, 1.807) is 0 Å². The second-order valence-corrected chi connectivity index (χ2v) is 6.13. The van der Waals surface area contributed by atoms with Crippen LogP contribution in [0.4, 0.5) is 0 Å². The van der Waals surface area contributed by atoms with E-state index in [0.717, 1.165) is 29.1 Å². The van der Waals surface area contributed by atoms with E-state index in [1.165, 1.54) is 18.4 Å². The van der Waals surface area contributed by atoms with E-state index in [9.17, 15) is 0 Å². The van der Waals surface area contributed by atoms with Gasteiger partial charge >= 0.3 is 0 Å². The standard InChI is InChI=1S/C12H15Cl2NS/c13-10-2-1-9(12(14)7-10)8-16-11-3-5-15-6-4-11/h1-2,7,11,15H,3-6,8H2. The Labute approximate surface area is 111 Å². The Morgan fingerprint density at radius 3 is 2.69 bits per heavy atom. The lowest BCUT2D eigenvalue weighted by molar-refractivity contribution is 0.531. The van der Waals surface area contributed by atoms with Crippen LogP contribution in [0.5, 0.6) is 0 Å². The SMILES string of the molecule is Clc1ccc(CSC2CCNCC2)c(Cl)c1. The van der Waals surface area contributed by atoms with Crippen LogP contribution in [0.25, 0.3) is 0 Å². The largest absolute Gasteiger partial charge is 0.317 e. The third-order valence-electron chi connectivity index (χ3n) is 2.78. The van der Waals surface area contributed by atoms with Crippen molar-refractivity contribution in [1.82, 2.24) is 5.32 Å². The monoisotopic (exact) mass is 275 g/mol. The maximum atomic E-state index is 6.14. The van der Waals surface area contributed by atoms with Crippen LogP contribution in [0, 0.1) is 0 Å². The first-order valence-corrected chi connectivity index (χ1v) is 7.32. The van der Waals surface area contributed by atoms with Crippen molar-refractivity contribution in [1.29, 1.82) is 0 Å². The fraction of sp³-hybridized carbons (Fsp3) is 0.500. The molecule has 1 aliphatic heterocycles. The van der Waals surface area contributed by atoms with E-state index in [1.807, 2.05) is 30.0 Å². The highest BCUT2D eigenvalue weighted by atomic mass is 35.5. The van der Waals surface area contributed by atoms with Gasteiger partial charge in [-0.1, -0.05) is 29.3 Å². The van der Waals surface area contributed by atoms with E-state index in [2.05, 4.69) is 5.32 Å². The lowest BCUT2D eigenvalue weighted by atomic mass is 10.2. The molecule has 0 bridgehead atoms. The molecule has 0 spiro atoms. The number of rotatable bonds is 3. The highest BCUT2D eigenvalue weighted by Crippen LogP contribution is 2.29. The number of halogens is 2. The summed E-state index contributed by atoms with van der Waals surface area (Å²) in [6, 6.07) is 5.76. The number of hydrogen-bond donors (Lipinski definition) is 1. The quantitative estimate of drug-likeness (QED) is 0.896. The molecule has 88 valence electrons. The molecule has 0 aromatic heterocycles. The van der Waals surface area contributed by atoms with Crippen LogP contribution in [0.1, 0.15) is 18.4 Å². The second-order valence-electron chi connectivity index (χ2n) is 4.00. The maximum Gasteiger partial charge on any atom is 0.0461 e. The van der Waals surface area contributed by atoms with E-state index in [4.69, 9.17) is 23.2 Å². The average molecular weight is 276 g/mol. The van der Waals surface area contributed by atoms with Gasteiger partial charge in [-0.3, -0.25) is 0 Å². The molecular formula is C12H15Cl2NS. The minimum absolute atomic E-state index is 0.709. The van der Waals surface area contributed by atoms with Crippen molar-refractivity contribution in [2.45, 2.75) is 23.8 Å². The van der Waals surface area contributed by atoms with Gasteiger partial charge in [-0.25, -0.2) is 0 Å². The van der Waals surface area contributed by atoms with E-state index in [-0.39, 0.29) is 0 Å². The molecule has 1 saturated heterocycles. The minimum Gasteiger partial charge on any atom is -0.317 e. The minimum atomic E-state index is 0.709. The van der Waals surface area contributed by atoms with E-state index < -0.39 is 0 Å². The first-order chi connectivity index (χ1) is 7.75. The van der Waals surface area contributed by atoms with Gasteiger partial charge in [0.15, 0.2) is 0 Å². The average Bonchev–Trinajstić information content (AvgIpc) is 2.29. The van der Waals surface area contributed by atoms with Crippen LogP contribution in [0.3, 0.4) is 0 Å². The molecule has 1 aliphatic rings. The van der Waals surface area contributed by atoms with Gasteiger partial charge in [-0.15, -0.1) is 0 Å². The fourth-order valence-electron chi connectivity index (χ4n) is 1.81. The zero-order chi connectivity index (χ0) is 11.4. The number of benzene rings is 1. The fourth-order valence-corrected chi connectivity index (χ4v) is 3.60. The molecule has 0 amide bonds. The van der Waals surface area contributed by atoms with Gasteiger partial charge in [0.25, 0.3) is 0 Å². The van der Waals surface area contributed by atoms with Crippen molar-refractivity contribution in [3.63, 3.8) is 0 Å². The van der Waals surface area contributed by atoms with Crippen molar-refractivity contribution in [2.75, 3.05) is 13.1 Å². The lowest BCUT2D eigenvalue weighted by Crippen LogP contribution is -2.29. The Balaban J connectivity index is 1.88. The van der Waals surface area contributed by atoms with Crippen molar-refractivity contribution in [2.24, 2.45) is 0 Å². The molecule has 16 heavy (non-hydrogen) atoms. The van der Waals surface area contributed by atoms with Gasteiger partial charge in [0.05, 0.1) is 0 Å². The number of nitrogens with one attached hydrogen (secondary N) is 1. The molecule has 1 aromatic rings. The van der Waals surface area contributed by atoms with Crippen molar-refractivity contribution in [3.05, 3.63) is 33.8 Å². The molecule has 1 N–H and O–H groups in total. The van der Waals surface area contributed by atoms with Gasteiger partial charge in [-0.05, 0) is 43.6 Å². The molecule has 0 radical (unpaired) electrons. The predicted molar refractivity (Wildman–Crippen MR) is 73.6 cm³/mol. The van der Waals surface area contributed by atoms with Crippen LogP contribution < -0.4 is 5.32 Å². The van der Waals surface area contributed by atoms with Gasteiger partial charge in [-0.2, -0.15) is 11.8 Å². The number of hydrogen-bond acceptors (Lipinski definition) is 2. The molecule has 2 rings (SSSR count). The Morgan fingerprint density at radius 2 is 2.00 bits per heavy atom. The van der Waals surface area contributed by atoms with Crippen LogP contribution in [0.15, 0.2) is 18.2 Å². The maximum absolute atomic E-state index is 6.14. The smallest absolute Gasteiger partial charge is 0.0461 e. The topological polar surface area (TPSA) is 12.0 Å². The molecule has 1 nitrogen and oxygen atoms in total. The Hall–Kier alpha value is 0.110. The predicted octanol–water partition coefficient (Wildman–Crippen LogP) is 3.98. The third kappa shape index (κ3) is 3.56. The first-order valence-electron chi connectivity index (χ1n) is 5.52. The van der Waals surface area contributed by atoms with Crippen molar-refractivity contribution in [3.8, 4) is 0 Å².